The lowest BCUT2D eigenvalue weighted by atomic mass is 9.79. The van der Waals surface area contributed by atoms with Crippen molar-refractivity contribution in [3.63, 3.8) is 0 Å². The molecule has 3 nitrogen and oxygen atoms in total. The van der Waals surface area contributed by atoms with E-state index in [4.69, 9.17) is 10.6 Å². The number of nitrogens with two attached hydrogens (primary N) is 1. The zero-order chi connectivity index (χ0) is 14.2. The van der Waals surface area contributed by atoms with Crippen LogP contribution in [0.3, 0.4) is 0 Å². The maximum Gasteiger partial charge on any atom is 0.123 e. The molecule has 1 aromatic rings. The summed E-state index contributed by atoms with van der Waals surface area (Å²) in [6.45, 7) is 8.28. The van der Waals surface area contributed by atoms with Crippen molar-refractivity contribution in [2.45, 2.75) is 45.9 Å². The Hall–Kier alpha value is -0.970. The van der Waals surface area contributed by atoms with Crippen LogP contribution in [0.1, 0.15) is 37.9 Å². The van der Waals surface area contributed by atoms with E-state index < -0.39 is 0 Å². The van der Waals surface area contributed by atoms with Gasteiger partial charge in [-0.05, 0) is 49.9 Å². The molecule has 1 heterocycles. The maximum absolute atomic E-state index is 13.5. The van der Waals surface area contributed by atoms with E-state index >= 15 is 0 Å². The Morgan fingerprint density at radius 2 is 1.95 bits per heavy atom. The molecule has 0 amide bonds. The summed E-state index contributed by atoms with van der Waals surface area (Å²) in [5.74, 6) is 6.13. The predicted molar refractivity (Wildman–Crippen MR) is 73.9 cm³/mol. The van der Waals surface area contributed by atoms with Gasteiger partial charge < -0.3 is 4.74 Å². The fraction of sp³-hybridized carbons (Fsp3) is 0.600. The number of rotatable bonds is 3. The number of hydrogen-bond donors (Lipinski definition) is 2. The molecule has 5 unspecified atom stereocenters. The first-order chi connectivity index (χ1) is 8.95. The SMILES string of the molecule is Cc1ccc(F)cc1C(NN)C1C(C)OC(C)C1C. The third-order valence-electron chi connectivity index (χ3n) is 4.46. The summed E-state index contributed by atoms with van der Waals surface area (Å²) in [6, 6.07) is 4.75. The molecule has 1 fully saturated rings. The highest BCUT2D eigenvalue weighted by atomic mass is 19.1. The number of hydrogen-bond acceptors (Lipinski definition) is 3. The van der Waals surface area contributed by atoms with Gasteiger partial charge in [0, 0.05) is 5.92 Å². The average molecular weight is 266 g/mol. The van der Waals surface area contributed by atoms with Crippen LogP contribution in [0.2, 0.25) is 0 Å². The van der Waals surface area contributed by atoms with Gasteiger partial charge in [-0.3, -0.25) is 11.3 Å². The minimum Gasteiger partial charge on any atom is -0.375 e. The molecule has 1 aliphatic rings. The maximum atomic E-state index is 13.5. The van der Waals surface area contributed by atoms with Crippen molar-refractivity contribution in [2.75, 3.05) is 0 Å². The molecule has 0 saturated carbocycles. The van der Waals surface area contributed by atoms with E-state index in [9.17, 15) is 4.39 Å². The van der Waals surface area contributed by atoms with E-state index in [1.54, 1.807) is 12.1 Å². The lowest BCUT2D eigenvalue weighted by Gasteiger charge is -2.29. The molecule has 0 aliphatic carbocycles. The first-order valence-corrected chi connectivity index (χ1v) is 6.83. The first kappa shape index (κ1) is 14.4. The topological polar surface area (TPSA) is 47.3 Å². The summed E-state index contributed by atoms with van der Waals surface area (Å²) in [6.07, 6.45) is 0.304. The number of aryl methyl sites for hydroxylation is 1. The van der Waals surface area contributed by atoms with Gasteiger partial charge in [-0.15, -0.1) is 0 Å². The third-order valence-corrected chi connectivity index (χ3v) is 4.46. The molecule has 1 aromatic carbocycles. The fourth-order valence-electron chi connectivity index (χ4n) is 3.22. The van der Waals surface area contributed by atoms with Crippen molar-refractivity contribution < 1.29 is 9.13 Å². The normalized spacial score (nSPS) is 32.5. The van der Waals surface area contributed by atoms with Crippen LogP contribution in [0.5, 0.6) is 0 Å². The number of nitrogens with one attached hydrogen (secondary N) is 1. The molecule has 2 rings (SSSR count). The van der Waals surface area contributed by atoms with E-state index in [0.717, 1.165) is 11.1 Å². The molecular formula is C15H23FN2O. The van der Waals surface area contributed by atoms with Crippen molar-refractivity contribution in [3.8, 4) is 0 Å². The molecule has 1 aliphatic heterocycles. The highest BCUT2D eigenvalue weighted by Gasteiger charge is 2.42. The smallest absolute Gasteiger partial charge is 0.123 e. The second kappa shape index (κ2) is 5.57. The summed E-state index contributed by atoms with van der Waals surface area (Å²) in [7, 11) is 0. The second-order valence-corrected chi connectivity index (χ2v) is 5.63. The van der Waals surface area contributed by atoms with Gasteiger partial charge in [-0.1, -0.05) is 13.0 Å². The van der Waals surface area contributed by atoms with Crippen molar-refractivity contribution in [1.29, 1.82) is 0 Å². The lowest BCUT2D eigenvalue weighted by Crippen LogP contribution is -2.39. The highest BCUT2D eigenvalue weighted by molar-refractivity contribution is 5.30. The van der Waals surface area contributed by atoms with E-state index in [0.29, 0.717) is 5.92 Å². The van der Waals surface area contributed by atoms with Crippen LogP contribution in [0, 0.1) is 24.6 Å². The largest absolute Gasteiger partial charge is 0.375 e. The zero-order valence-electron chi connectivity index (χ0n) is 12.0. The van der Waals surface area contributed by atoms with Gasteiger partial charge >= 0.3 is 0 Å². The van der Waals surface area contributed by atoms with Gasteiger partial charge in [0.2, 0.25) is 0 Å². The van der Waals surface area contributed by atoms with E-state index in [-0.39, 0.29) is 30.0 Å². The Balaban J connectivity index is 2.37. The lowest BCUT2D eigenvalue weighted by molar-refractivity contribution is 0.0474. The summed E-state index contributed by atoms with van der Waals surface area (Å²) >= 11 is 0. The Kier molecular flexibility index (Phi) is 4.23. The summed E-state index contributed by atoms with van der Waals surface area (Å²) < 4.78 is 19.4. The molecule has 0 aromatic heterocycles. The molecule has 19 heavy (non-hydrogen) atoms. The fourth-order valence-corrected chi connectivity index (χ4v) is 3.22. The minimum atomic E-state index is -0.229. The average Bonchev–Trinajstić information content (AvgIpc) is 2.61. The Bertz CT molecular complexity index is 452. The van der Waals surface area contributed by atoms with Gasteiger partial charge in [0.25, 0.3) is 0 Å². The number of hydrazine groups is 1. The standard InChI is InChI=1S/C15H23FN2O/c1-8-5-6-12(16)7-13(8)15(18-17)14-9(2)10(3)19-11(14)4/h5-7,9-11,14-15,18H,17H2,1-4H3. The molecule has 106 valence electrons. The Morgan fingerprint density at radius 3 is 2.47 bits per heavy atom. The van der Waals surface area contributed by atoms with Crippen LogP contribution in [-0.2, 0) is 4.74 Å². The molecule has 0 bridgehead atoms. The van der Waals surface area contributed by atoms with Crippen LogP contribution in [0.4, 0.5) is 4.39 Å². The van der Waals surface area contributed by atoms with E-state index in [2.05, 4.69) is 26.2 Å². The zero-order valence-corrected chi connectivity index (χ0v) is 12.0. The van der Waals surface area contributed by atoms with Gasteiger partial charge in [0.15, 0.2) is 0 Å². The Morgan fingerprint density at radius 1 is 1.26 bits per heavy atom. The molecule has 4 heteroatoms. The number of halogens is 1. The first-order valence-electron chi connectivity index (χ1n) is 6.83. The summed E-state index contributed by atoms with van der Waals surface area (Å²) in [4.78, 5) is 0. The Labute approximate surface area is 114 Å². The molecule has 3 N–H and O–H groups in total. The quantitative estimate of drug-likeness (QED) is 0.653. The second-order valence-electron chi connectivity index (χ2n) is 5.63. The van der Waals surface area contributed by atoms with E-state index in [1.165, 1.54) is 6.07 Å². The van der Waals surface area contributed by atoms with E-state index in [1.807, 2.05) is 6.92 Å². The molecule has 1 saturated heterocycles. The number of ether oxygens (including phenoxy) is 1. The molecule has 5 atom stereocenters. The highest BCUT2D eigenvalue weighted by Crippen LogP contribution is 2.41. The van der Waals surface area contributed by atoms with Crippen LogP contribution < -0.4 is 11.3 Å². The summed E-state index contributed by atoms with van der Waals surface area (Å²) in [5.41, 5.74) is 4.83. The van der Waals surface area contributed by atoms with Gasteiger partial charge in [0.1, 0.15) is 5.82 Å². The predicted octanol–water partition coefficient (Wildman–Crippen LogP) is 2.70. The van der Waals surface area contributed by atoms with Gasteiger partial charge in [0.05, 0.1) is 18.2 Å². The van der Waals surface area contributed by atoms with Crippen molar-refractivity contribution in [3.05, 3.63) is 35.1 Å². The van der Waals surface area contributed by atoms with Crippen molar-refractivity contribution >= 4 is 0 Å². The molecule has 0 spiro atoms. The molecular weight excluding hydrogens is 243 g/mol. The van der Waals surface area contributed by atoms with Crippen LogP contribution in [0.25, 0.3) is 0 Å². The molecule has 0 radical (unpaired) electrons. The third kappa shape index (κ3) is 2.66. The van der Waals surface area contributed by atoms with Gasteiger partial charge in [-0.25, -0.2) is 4.39 Å². The minimum absolute atomic E-state index is 0.0920. The van der Waals surface area contributed by atoms with Crippen molar-refractivity contribution in [1.82, 2.24) is 5.43 Å². The van der Waals surface area contributed by atoms with Crippen LogP contribution in [-0.4, -0.2) is 12.2 Å². The summed E-state index contributed by atoms with van der Waals surface area (Å²) in [5, 5.41) is 0. The van der Waals surface area contributed by atoms with Crippen LogP contribution in [0.15, 0.2) is 18.2 Å². The van der Waals surface area contributed by atoms with Gasteiger partial charge in [-0.2, -0.15) is 0 Å². The monoisotopic (exact) mass is 266 g/mol. The van der Waals surface area contributed by atoms with Crippen LogP contribution >= 0.6 is 0 Å². The van der Waals surface area contributed by atoms with Crippen molar-refractivity contribution in [2.24, 2.45) is 17.7 Å². The number of benzene rings is 1.